The van der Waals surface area contributed by atoms with Gasteiger partial charge in [-0.25, -0.2) is 4.98 Å². The van der Waals surface area contributed by atoms with Gasteiger partial charge in [0.1, 0.15) is 5.01 Å². The Morgan fingerprint density at radius 3 is 3.32 bits per heavy atom. The number of thiazole rings is 1. The predicted octanol–water partition coefficient (Wildman–Crippen LogP) is 2.08. The van der Waals surface area contributed by atoms with E-state index < -0.39 is 0 Å². The molecule has 1 saturated carbocycles. The molecule has 0 aromatic carbocycles. The van der Waals surface area contributed by atoms with Crippen molar-refractivity contribution in [1.82, 2.24) is 9.88 Å². The maximum Gasteiger partial charge on any atom is 0.107 e. The molecule has 1 aromatic heterocycles. The summed E-state index contributed by atoms with van der Waals surface area (Å²) >= 11 is 1.73. The van der Waals surface area contributed by atoms with E-state index in [9.17, 15) is 0 Å². The van der Waals surface area contributed by atoms with Gasteiger partial charge in [0, 0.05) is 24.2 Å². The van der Waals surface area contributed by atoms with Crippen molar-refractivity contribution in [3.8, 4) is 0 Å². The molecule has 0 N–H and O–H groups in total. The van der Waals surface area contributed by atoms with E-state index in [1.165, 1.54) is 5.01 Å². The van der Waals surface area contributed by atoms with E-state index >= 15 is 0 Å². The first-order chi connectivity index (χ1) is 9.38. The molecule has 0 radical (unpaired) electrons. The molecule has 1 aliphatic carbocycles. The molecule has 0 spiro atoms. The SMILES string of the molecule is C=CCO[C@@H]1CC[C@@H]2[C@H]1OCCN2Cc1nccs1. The van der Waals surface area contributed by atoms with Gasteiger partial charge in [-0.1, -0.05) is 6.08 Å². The third-order valence-electron chi connectivity index (χ3n) is 3.90. The van der Waals surface area contributed by atoms with Gasteiger partial charge >= 0.3 is 0 Å². The van der Waals surface area contributed by atoms with Crippen LogP contribution in [0.5, 0.6) is 0 Å². The van der Waals surface area contributed by atoms with Crippen LogP contribution in [0.1, 0.15) is 17.8 Å². The number of hydrogen-bond acceptors (Lipinski definition) is 5. The van der Waals surface area contributed by atoms with Crippen LogP contribution in [0.15, 0.2) is 24.2 Å². The van der Waals surface area contributed by atoms with Gasteiger partial charge in [-0.15, -0.1) is 17.9 Å². The highest BCUT2D eigenvalue weighted by Crippen LogP contribution is 2.33. The van der Waals surface area contributed by atoms with Gasteiger partial charge in [-0.05, 0) is 12.8 Å². The highest BCUT2D eigenvalue weighted by atomic mass is 32.1. The summed E-state index contributed by atoms with van der Waals surface area (Å²) in [5.74, 6) is 0. The van der Waals surface area contributed by atoms with Gasteiger partial charge in [0.2, 0.25) is 0 Å². The van der Waals surface area contributed by atoms with Crippen molar-refractivity contribution < 1.29 is 9.47 Å². The number of ether oxygens (including phenoxy) is 2. The highest BCUT2D eigenvalue weighted by Gasteiger charge is 2.43. The lowest BCUT2D eigenvalue weighted by molar-refractivity contribution is -0.111. The number of hydrogen-bond donors (Lipinski definition) is 0. The summed E-state index contributed by atoms with van der Waals surface area (Å²) in [6.45, 7) is 7.05. The van der Waals surface area contributed by atoms with Gasteiger partial charge < -0.3 is 9.47 Å². The average Bonchev–Trinajstić information content (AvgIpc) is 3.06. The molecule has 2 aliphatic rings. The van der Waals surface area contributed by atoms with E-state index in [1.807, 2.05) is 17.7 Å². The Hall–Kier alpha value is -0.750. The first-order valence-electron chi connectivity index (χ1n) is 6.85. The molecule has 0 amide bonds. The zero-order valence-electron chi connectivity index (χ0n) is 11.0. The van der Waals surface area contributed by atoms with Crippen LogP contribution >= 0.6 is 11.3 Å². The zero-order valence-corrected chi connectivity index (χ0v) is 11.8. The summed E-state index contributed by atoms with van der Waals surface area (Å²) in [6, 6.07) is 0.479. The predicted molar refractivity (Wildman–Crippen MR) is 75.2 cm³/mol. The molecule has 1 aliphatic heterocycles. The third-order valence-corrected chi connectivity index (χ3v) is 4.66. The number of nitrogens with zero attached hydrogens (tertiary/aromatic N) is 2. The molecular weight excluding hydrogens is 260 g/mol. The number of aromatic nitrogens is 1. The molecule has 5 heteroatoms. The van der Waals surface area contributed by atoms with Crippen LogP contribution in [0.2, 0.25) is 0 Å². The maximum atomic E-state index is 5.94. The van der Waals surface area contributed by atoms with Crippen molar-refractivity contribution in [2.45, 2.75) is 37.6 Å². The van der Waals surface area contributed by atoms with Crippen LogP contribution in [0, 0.1) is 0 Å². The zero-order chi connectivity index (χ0) is 13.1. The fraction of sp³-hybridized carbons (Fsp3) is 0.643. The van der Waals surface area contributed by atoms with E-state index in [4.69, 9.17) is 9.47 Å². The summed E-state index contributed by atoms with van der Waals surface area (Å²) in [6.07, 6.45) is 6.36. The van der Waals surface area contributed by atoms with Crippen LogP contribution < -0.4 is 0 Å². The van der Waals surface area contributed by atoms with Crippen molar-refractivity contribution >= 4 is 11.3 Å². The van der Waals surface area contributed by atoms with Crippen molar-refractivity contribution in [1.29, 1.82) is 0 Å². The number of rotatable bonds is 5. The number of morpholine rings is 1. The Balaban J connectivity index is 1.63. The van der Waals surface area contributed by atoms with Crippen molar-refractivity contribution in [3.05, 3.63) is 29.2 Å². The van der Waals surface area contributed by atoms with Gasteiger partial charge in [-0.3, -0.25) is 4.90 Å². The minimum atomic E-state index is 0.216. The van der Waals surface area contributed by atoms with Gasteiger partial charge in [0.25, 0.3) is 0 Å². The largest absolute Gasteiger partial charge is 0.373 e. The average molecular weight is 280 g/mol. The Morgan fingerprint density at radius 2 is 2.53 bits per heavy atom. The van der Waals surface area contributed by atoms with Crippen LogP contribution in [-0.2, 0) is 16.0 Å². The van der Waals surface area contributed by atoms with E-state index in [0.29, 0.717) is 12.6 Å². The first kappa shape index (κ1) is 13.2. The number of fused-ring (bicyclic) bond motifs is 1. The topological polar surface area (TPSA) is 34.6 Å². The highest BCUT2D eigenvalue weighted by molar-refractivity contribution is 7.09. The van der Waals surface area contributed by atoms with Gasteiger partial charge in [-0.2, -0.15) is 0 Å². The minimum Gasteiger partial charge on any atom is -0.373 e. The van der Waals surface area contributed by atoms with E-state index in [1.54, 1.807) is 11.3 Å². The maximum absolute atomic E-state index is 5.94. The van der Waals surface area contributed by atoms with E-state index in [0.717, 1.165) is 32.5 Å². The molecule has 1 saturated heterocycles. The molecule has 3 rings (SSSR count). The Labute approximate surface area is 118 Å². The molecule has 0 bridgehead atoms. The molecule has 19 heavy (non-hydrogen) atoms. The lowest BCUT2D eigenvalue weighted by Gasteiger charge is -2.38. The molecule has 104 valence electrons. The minimum absolute atomic E-state index is 0.216. The Bertz CT molecular complexity index is 410. The molecule has 2 heterocycles. The Morgan fingerprint density at radius 1 is 1.58 bits per heavy atom. The van der Waals surface area contributed by atoms with Crippen LogP contribution in [-0.4, -0.2) is 47.9 Å². The fourth-order valence-corrected chi connectivity index (χ4v) is 3.70. The first-order valence-corrected chi connectivity index (χ1v) is 7.73. The second-order valence-corrected chi connectivity index (χ2v) is 6.02. The van der Waals surface area contributed by atoms with Gasteiger partial charge in [0.05, 0.1) is 32.0 Å². The summed E-state index contributed by atoms with van der Waals surface area (Å²) in [7, 11) is 0. The molecule has 4 nitrogen and oxygen atoms in total. The molecule has 0 unspecified atom stereocenters. The standard InChI is InChI=1S/C14H20N2O2S/c1-2-7-17-12-4-3-11-14(12)18-8-6-16(11)10-13-15-5-9-19-13/h2,5,9,11-12,14H,1,3-4,6-8,10H2/t11-,12-,14-/m1/s1. The second-order valence-electron chi connectivity index (χ2n) is 5.04. The lowest BCUT2D eigenvalue weighted by Crippen LogP contribution is -2.51. The van der Waals surface area contributed by atoms with Crippen molar-refractivity contribution in [3.63, 3.8) is 0 Å². The molecular formula is C14H20N2O2S. The third kappa shape index (κ3) is 2.89. The quantitative estimate of drug-likeness (QED) is 0.774. The van der Waals surface area contributed by atoms with Crippen LogP contribution in [0.3, 0.4) is 0 Å². The Kier molecular flexibility index (Phi) is 4.28. The van der Waals surface area contributed by atoms with E-state index in [2.05, 4.69) is 16.5 Å². The lowest BCUT2D eigenvalue weighted by atomic mass is 10.1. The monoisotopic (exact) mass is 280 g/mol. The van der Waals surface area contributed by atoms with Gasteiger partial charge in [0.15, 0.2) is 0 Å². The molecule has 1 aromatic rings. The van der Waals surface area contributed by atoms with Crippen molar-refractivity contribution in [2.24, 2.45) is 0 Å². The summed E-state index contributed by atoms with van der Waals surface area (Å²) in [5, 5.41) is 3.23. The normalized spacial score (nSPS) is 31.3. The van der Waals surface area contributed by atoms with E-state index in [-0.39, 0.29) is 12.2 Å². The second kappa shape index (κ2) is 6.13. The van der Waals surface area contributed by atoms with Crippen LogP contribution in [0.25, 0.3) is 0 Å². The summed E-state index contributed by atoms with van der Waals surface area (Å²) in [5.41, 5.74) is 0. The fourth-order valence-electron chi connectivity index (χ4n) is 3.06. The van der Waals surface area contributed by atoms with Crippen LogP contribution in [0.4, 0.5) is 0 Å². The smallest absolute Gasteiger partial charge is 0.107 e. The molecule has 2 fully saturated rings. The van der Waals surface area contributed by atoms with Crippen molar-refractivity contribution in [2.75, 3.05) is 19.8 Å². The molecule has 3 atom stereocenters. The summed E-state index contributed by atoms with van der Waals surface area (Å²) < 4.78 is 11.8. The summed E-state index contributed by atoms with van der Waals surface area (Å²) in [4.78, 5) is 6.89.